The summed E-state index contributed by atoms with van der Waals surface area (Å²) in [6.45, 7) is 2.89. The number of piperidine rings is 1. The van der Waals surface area contributed by atoms with E-state index in [1.54, 1.807) is 0 Å². The minimum atomic E-state index is -0.124. The number of fused-ring (bicyclic) bond motifs is 1. The molecule has 1 saturated carbocycles. The Balaban J connectivity index is 1.81. The lowest BCUT2D eigenvalue weighted by Gasteiger charge is -2.25. The fourth-order valence-electron chi connectivity index (χ4n) is 3.60. The van der Waals surface area contributed by atoms with E-state index in [2.05, 4.69) is 20.9 Å². The van der Waals surface area contributed by atoms with E-state index < -0.39 is 0 Å². The molecule has 4 rings (SSSR count). The quantitative estimate of drug-likeness (QED) is 0.914. The third kappa shape index (κ3) is 2.24. The molecule has 114 valence electrons. The van der Waals surface area contributed by atoms with Crippen LogP contribution in [0, 0.1) is 11.3 Å². The van der Waals surface area contributed by atoms with E-state index in [1.807, 2.05) is 6.20 Å². The van der Waals surface area contributed by atoms with Crippen LogP contribution >= 0.6 is 0 Å². The highest BCUT2D eigenvalue weighted by Gasteiger charge is 2.29. The summed E-state index contributed by atoms with van der Waals surface area (Å²) in [6.07, 6.45) is 7.84. The average Bonchev–Trinajstić information content (AvgIpc) is 3.31. The molecule has 5 nitrogen and oxygen atoms in total. The number of rotatable bonds is 3. The number of nitriles is 1. The van der Waals surface area contributed by atoms with Gasteiger partial charge in [-0.2, -0.15) is 5.26 Å². The molecule has 2 fully saturated rings. The lowest BCUT2D eigenvalue weighted by Crippen LogP contribution is -2.29. The van der Waals surface area contributed by atoms with Crippen molar-refractivity contribution >= 4 is 10.9 Å². The van der Waals surface area contributed by atoms with E-state index in [9.17, 15) is 10.1 Å². The van der Waals surface area contributed by atoms with Gasteiger partial charge in [-0.25, -0.2) is 0 Å². The molecule has 0 spiro atoms. The van der Waals surface area contributed by atoms with Gasteiger partial charge in [0.1, 0.15) is 11.6 Å². The van der Waals surface area contributed by atoms with Crippen molar-refractivity contribution in [1.29, 1.82) is 5.26 Å². The van der Waals surface area contributed by atoms with Crippen LogP contribution in [0.5, 0.6) is 0 Å². The Morgan fingerprint density at radius 1 is 1.27 bits per heavy atom. The zero-order valence-corrected chi connectivity index (χ0v) is 12.6. The van der Waals surface area contributed by atoms with Crippen LogP contribution in [0.15, 0.2) is 11.0 Å². The minimum absolute atomic E-state index is 0.124. The first kappa shape index (κ1) is 13.6. The summed E-state index contributed by atoms with van der Waals surface area (Å²) >= 11 is 0. The lowest BCUT2D eigenvalue weighted by atomic mass is 10.0. The van der Waals surface area contributed by atoms with Crippen LogP contribution in [0.1, 0.15) is 54.8 Å². The van der Waals surface area contributed by atoms with Gasteiger partial charge in [0.05, 0.1) is 5.56 Å². The summed E-state index contributed by atoms with van der Waals surface area (Å²) < 4.78 is 0. The molecule has 2 aromatic heterocycles. The monoisotopic (exact) mass is 296 g/mol. The summed E-state index contributed by atoms with van der Waals surface area (Å²) in [5, 5.41) is 10.5. The number of likely N-dealkylation sites (tertiary alicyclic amines) is 1. The van der Waals surface area contributed by atoms with Crippen molar-refractivity contribution in [3.63, 3.8) is 0 Å². The Labute approximate surface area is 128 Å². The second kappa shape index (κ2) is 5.29. The zero-order valence-electron chi connectivity index (χ0n) is 12.6. The van der Waals surface area contributed by atoms with Gasteiger partial charge in [-0.3, -0.25) is 9.69 Å². The van der Waals surface area contributed by atoms with Crippen molar-refractivity contribution in [2.45, 2.75) is 44.6 Å². The molecule has 0 amide bonds. The van der Waals surface area contributed by atoms with Gasteiger partial charge in [-0.1, -0.05) is 6.42 Å². The van der Waals surface area contributed by atoms with Crippen molar-refractivity contribution < 1.29 is 0 Å². The van der Waals surface area contributed by atoms with Crippen LogP contribution in [0.3, 0.4) is 0 Å². The summed E-state index contributed by atoms with van der Waals surface area (Å²) in [7, 11) is 0. The molecular formula is C17H20N4O. The molecule has 0 radical (unpaired) electrons. The van der Waals surface area contributed by atoms with Crippen molar-refractivity contribution in [2.75, 3.05) is 13.1 Å². The first-order chi connectivity index (χ1) is 10.8. The molecule has 22 heavy (non-hydrogen) atoms. The fraction of sp³-hybridized carbons (Fsp3) is 0.529. The number of pyridine rings is 1. The fourth-order valence-corrected chi connectivity index (χ4v) is 3.60. The van der Waals surface area contributed by atoms with Gasteiger partial charge in [-0.05, 0) is 50.3 Å². The van der Waals surface area contributed by atoms with E-state index in [1.165, 1.54) is 19.3 Å². The Kier molecular flexibility index (Phi) is 3.27. The Bertz CT molecular complexity index is 800. The molecule has 2 aromatic rings. The highest BCUT2D eigenvalue weighted by molar-refractivity contribution is 5.90. The van der Waals surface area contributed by atoms with E-state index in [0.29, 0.717) is 17.0 Å². The number of hydrogen-bond acceptors (Lipinski definition) is 3. The van der Waals surface area contributed by atoms with E-state index in [-0.39, 0.29) is 5.56 Å². The van der Waals surface area contributed by atoms with Crippen molar-refractivity contribution in [2.24, 2.45) is 0 Å². The van der Waals surface area contributed by atoms with E-state index in [4.69, 9.17) is 0 Å². The molecule has 3 heterocycles. The maximum Gasteiger partial charge on any atom is 0.272 e. The summed E-state index contributed by atoms with van der Waals surface area (Å²) in [5.74, 6) is 0.505. The predicted molar refractivity (Wildman–Crippen MR) is 84.7 cm³/mol. The largest absolute Gasteiger partial charge is 0.352 e. The van der Waals surface area contributed by atoms with Gasteiger partial charge in [0.15, 0.2) is 0 Å². The van der Waals surface area contributed by atoms with E-state index >= 15 is 0 Å². The van der Waals surface area contributed by atoms with Gasteiger partial charge in [0, 0.05) is 23.8 Å². The molecule has 5 heteroatoms. The van der Waals surface area contributed by atoms with Crippen LogP contribution in [0.2, 0.25) is 0 Å². The smallest absolute Gasteiger partial charge is 0.272 e. The lowest BCUT2D eigenvalue weighted by molar-refractivity contribution is 0.219. The molecule has 0 atom stereocenters. The summed E-state index contributed by atoms with van der Waals surface area (Å²) in [6, 6.07) is 2.35. The molecule has 0 aromatic carbocycles. The first-order valence-corrected chi connectivity index (χ1v) is 8.16. The van der Waals surface area contributed by atoms with Crippen molar-refractivity contribution in [1.82, 2.24) is 14.9 Å². The third-order valence-corrected chi connectivity index (χ3v) is 4.91. The van der Waals surface area contributed by atoms with Gasteiger partial charge in [0.25, 0.3) is 5.56 Å². The molecular weight excluding hydrogens is 276 g/mol. The maximum absolute atomic E-state index is 12.1. The van der Waals surface area contributed by atoms with Crippen LogP contribution in [-0.2, 0) is 6.54 Å². The number of aromatic amines is 2. The SMILES string of the molecule is N#Cc1c(CN2CCCCC2)[nH]c2c(=O)[nH]cc(C3CC3)c12. The average molecular weight is 296 g/mol. The summed E-state index contributed by atoms with van der Waals surface area (Å²) in [5.41, 5.74) is 3.16. The van der Waals surface area contributed by atoms with Gasteiger partial charge in [-0.15, -0.1) is 0 Å². The topological polar surface area (TPSA) is 75.7 Å². The van der Waals surface area contributed by atoms with Gasteiger partial charge < -0.3 is 9.97 Å². The van der Waals surface area contributed by atoms with Gasteiger partial charge in [0.2, 0.25) is 0 Å². The molecule has 0 bridgehead atoms. The van der Waals surface area contributed by atoms with Crippen molar-refractivity contribution in [3.05, 3.63) is 33.4 Å². The second-order valence-electron chi connectivity index (χ2n) is 6.52. The van der Waals surface area contributed by atoms with Crippen molar-refractivity contribution in [3.8, 4) is 6.07 Å². The maximum atomic E-state index is 12.1. The molecule has 0 unspecified atom stereocenters. The standard InChI is InChI=1S/C17H20N4O/c18-8-12-14(10-21-6-2-1-3-7-21)20-16-15(12)13(11-4-5-11)9-19-17(16)22/h9,11,20H,1-7,10H2,(H,19,22). The Morgan fingerprint density at radius 2 is 2.05 bits per heavy atom. The first-order valence-electron chi connectivity index (χ1n) is 8.16. The Hall–Kier alpha value is -2.06. The number of nitrogens with zero attached hydrogens (tertiary/aromatic N) is 2. The number of H-pyrrole nitrogens is 2. The van der Waals surface area contributed by atoms with Crippen LogP contribution in [0.4, 0.5) is 0 Å². The minimum Gasteiger partial charge on any atom is -0.352 e. The van der Waals surface area contributed by atoms with Gasteiger partial charge >= 0.3 is 0 Å². The normalized spacial score (nSPS) is 19.4. The van der Waals surface area contributed by atoms with Crippen LogP contribution in [0.25, 0.3) is 10.9 Å². The van der Waals surface area contributed by atoms with Crippen LogP contribution in [-0.4, -0.2) is 28.0 Å². The number of hydrogen-bond donors (Lipinski definition) is 2. The Morgan fingerprint density at radius 3 is 2.73 bits per heavy atom. The molecule has 1 aliphatic heterocycles. The summed E-state index contributed by atoms with van der Waals surface area (Å²) in [4.78, 5) is 20.6. The number of aromatic nitrogens is 2. The number of nitrogens with one attached hydrogen (secondary N) is 2. The third-order valence-electron chi connectivity index (χ3n) is 4.91. The van der Waals surface area contributed by atoms with Crippen LogP contribution < -0.4 is 5.56 Å². The highest BCUT2D eigenvalue weighted by atomic mass is 16.1. The molecule has 1 saturated heterocycles. The molecule has 2 N–H and O–H groups in total. The van der Waals surface area contributed by atoms with E-state index in [0.717, 1.165) is 49.1 Å². The zero-order chi connectivity index (χ0) is 15.1. The second-order valence-corrected chi connectivity index (χ2v) is 6.52. The molecule has 1 aliphatic carbocycles. The highest BCUT2D eigenvalue weighted by Crippen LogP contribution is 2.43. The molecule has 2 aliphatic rings. The predicted octanol–water partition coefficient (Wildman–Crippen LogP) is 2.59.